The molecule has 1 aromatic carbocycles. The molecule has 0 unspecified atom stereocenters. The molecule has 0 saturated carbocycles. The molecule has 2 saturated heterocycles. The zero-order valence-corrected chi connectivity index (χ0v) is 18.2. The lowest BCUT2D eigenvalue weighted by molar-refractivity contribution is -0.143. The lowest BCUT2D eigenvalue weighted by Crippen LogP contribution is -2.48. The summed E-state index contributed by atoms with van der Waals surface area (Å²) in [5.41, 5.74) is 0.817. The van der Waals surface area contributed by atoms with Crippen LogP contribution in [0.5, 0.6) is 0 Å². The van der Waals surface area contributed by atoms with Crippen LogP contribution in [0.4, 0.5) is 5.69 Å². The highest BCUT2D eigenvalue weighted by molar-refractivity contribution is 7.89. The third kappa shape index (κ3) is 5.50. The highest BCUT2D eigenvalue weighted by Gasteiger charge is 2.37. The van der Waals surface area contributed by atoms with Crippen LogP contribution >= 0.6 is 0 Å². The van der Waals surface area contributed by atoms with Crippen molar-refractivity contribution in [2.24, 2.45) is 0 Å². The first-order chi connectivity index (χ1) is 14.8. The summed E-state index contributed by atoms with van der Waals surface area (Å²) in [6.07, 6.45) is 4.00. The Kier molecular flexibility index (Phi) is 7.45. The summed E-state index contributed by atoms with van der Waals surface area (Å²) in [5, 5.41) is 4.68. The van der Waals surface area contributed by atoms with Crippen molar-refractivity contribution in [3.63, 3.8) is 0 Å². The number of hydrogen-bond acceptors (Lipinski definition) is 5. The number of hydrogen-bond donors (Lipinski definition) is 2. The average molecular weight is 449 g/mol. The fourth-order valence-electron chi connectivity index (χ4n) is 3.81. The van der Waals surface area contributed by atoms with Crippen molar-refractivity contribution >= 4 is 33.4 Å². The van der Waals surface area contributed by atoms with Gasteiger partial charge in [0.15, 0.2) is 0 Å². The molecule has 168 valence electrons. The fourth-order valence-corrected chi connectivity index (χ4v) is 5.81. The number of rotatable bonds is 6. The molecule has 1 aromatic rings. The number of piperidine rings is 1. The van der Waals surface area contributed by atoms with Gasteiger partial charge in [0.2, 0.25) is 10.0 Å². The number of anilines is 1. The summed E-state index contributed by atoms with van der Waals surface area (Å²) in [5.74, 6) is -1.74. The lowest BCUT2D eigenvalue weighted by Gasteiger charge is -2.33. The van der Waals surface area contributed by atoms with Crippen LogP contribution in [0.1, 0.15) is 36.0 Å². The SMILES string of the molecule is C=CCNC(=O)c1ccc(NC(=O)C(=O)N2CCC(S(=O)(=O)N3CCCC3)CC2)cc1. The van der Waals surface area contributed by atoms with E-state index in [1.54, 1.807) is 34.6 Å². The molecule has 2 fully saturated rings. The molecule has 0 spiro atoms. The number of carbonyl (C=O) groups is 3. The minimum atomic E-state index is -3.34. The minimum absolute atomic E-state index is 0.229. The van der Waals surface area contributed by atoms with Crippen LogP contribution in [-0.4, -0.2) is 73.3 Å². The molecule has 2 aliphatic rings. The van der Waals surface area contributed by atoms with Crippen molar-refractivity contribution < 1.29 is 22.8 Å². The van der Waals surface area contributed by atoms with Crippen LogP contribution in [0.15, 0.2) is 36.9 Å². The van der Waals surface area contributed by atoms with Gasteiger partial charge >= 0.3 is 11.8 Å². The Morgan fingerprint density at radius 3 is 2.23 bits per heavy atom. The Balaban J connectivity index is 1.51. The first kappa shape index (κ1) is 23.0. The van der Waals surface area contributed by atoms with Crippen molar-refractivity contribution in [2.45, 2.75) is 30.9 Å². The van der Waals surface area contributed by atoms with E-state index in [9.17, 15) is 22.8 Å². The second kappa shape index (κ2) is 10.1. The number of amides is 3. The van der Waals surface area contributed by atoms with Crippen molar-refractivity contribution in [1.82, 2.24) is 14.5 Å². The normalized spacial score (nSPS) is 17.9. The Morgan fingerprint density at radius 2 is 1.65 bits per heavy atom. The van der Waals surface area contributed by atoms with E-state index in [1.165, 1.54) is 4.90 Å². The minimum Gasteiger partial charge on any atom is -0.349 e. The second-order valence-corrected chi connectivity index (χ2v) is 9.89. The second-order valence-electron chi connectivity index (χ2n) is 7.67. The van der Waals surface area contributed by atoms with Crippen molar-refractivity contribution in [2.75, 3.05) is 38.0 Å². The molecular weight excluding hydrogens is 420 g/mol. The fraction of sp³-hybridized carbons (Fsp3) is 0.476. The van der Waals surface area contributed by atoms with Gasteiger partial charge in [-0.15, -0.1) is 6.58 Å². The van der Waals surface area contributed by atoms with Crippen molar-refractivity contribution in [1.29, 1.82) is 0 Å². The number of benzene rings is 1. The Labute approximate surface area is 182 Å². The van der Waals surface area contributed by atoms with Gasteiger partial charge < -0.3 is 15.5 Å². The lowest BCUT2D eigenvalue weighted by atomic mass is 10.1. The quantitative estimate of drug-likeness (QED) is 0.497. The summed E-state index contributed by atoms with van der Waals surface area (Å²) in [4.78, 5) is 38.1. The standard InChI is InChI=1S/C21H28N4O5S/c1-2-11-22-19(26)16-5-7-17(8-6-16)23-20(27)21(28)24-14-9-18(10-15-24)31(29,30)25-12-3-4-13-25/h2,5-8,18H,1,3-4,9-15H2,(H,22,26)(H,23,27). The number of likely N-dealkylation sites (tertiary alicyclic amines) is 1. The molecule has 31 heavy (non-hydrogen) atoms. The van der Waals surface area contributed by atoms with Gasteiger partial charge in [-0.1, -0.05) is 6.08 Å². The molecule has 2 aliphatic heterocycles. The topological polar surface area (TPSA) is 116 Å². The van der Waals surface area contributed by atoms with Gasteiger partial charge in [0.25, 0.3) is 5.91 Å². The van der Waals surface area contributed by atoms with Crippen molar-refractivity contribution in [3.8, 4) is 0 Å². The molecule has 0 aliphatic carbocycles. The summed E-state index contributed by atoms with van der Waals surface area (Å²) < 4.78 is 26.9. The van der Waals surface area contributed by atoms with Crippen LogP contribution in [0.25, 0.3) is 0 Å². The zero-order chi connectivity index (χ0) is 22.4. The molecule has 2 N–H and O–H groups in total. The smallest absolute Gasteiger partial charge is 0.313 e. The average Bonchev–Trinajstić information content (AvgIpc) is 3.33. The summed E-state index contributed by atoms with van der Waals surface area (Å²) in [6, 6.07) is 6.19. The predicted octanol–water partition coefficient (Wildman–Crippen LogP) is 0.958. The molecule has 2 heterocycles. The molecule has 0 aromatic heterocycles. The van der Waals surface area contributed by atoms with Gasteiger partial charge in [-0.3, -0.25) is 14.4 Å². The molecule has 3 amide bonds. The van der Waals surface area contributed by atoms with E-state index in [4.69, 9.17) is 0 Å². The highest BCUT2D eigenvalue weighted by atomic mass is 32.2. The third-order valence-electron chi connectivity index (χ3n) is 5.58. The molecule has 0 radical (unpaired) electrons. The first-order valence-electron chi connectivity index (χ1n) is 10.4. The maximum Gasteiger partial charge on any atom is 0.313 e. The van der Waals surface area contributed by atoms with E-state index in [-0.39, 0.29) is 19.0 Å². The van der Waals surface area contributed by atoms with Crippen LogP contribution in [0.2, 0.25) is 0 Å². The number of nitrogens with zero attached hydrogens (tertiary/aromatic N) is 2. The Bertz CT molecular complexity index is 931. The Morgan fingerprint density at radius 1 is 1.03 bits per heavy atom. The van der Waals surface area contributed by atoms with Gasteiger partial charge in [-0.2, -0.15) is 0 Å². The zero-order valence-electron chi connectivity index (χ0n) is 17.4. The number of nitrogens with one attached hydrogen (secondary N) is 2. The highest BCUT2D eigenvalue weighted by Crippen LogP contribution is 2.24. The van der Waals surface area contributed by atoms with Gasteiger partial charge in [-0.05, 0) is 49.9 Å². The Hall–Kier alpha value is -2.72. The third-order valence-corrected chi connectivity index (χ3v) is 7.98. The van der Waals surface area contributed by atoms with E-state index in [0.29, 0.717) is 43.7 Å². The van der Waals surface area contributed by atoms with Crippen LogP contribution in [-0.2, 0) is 19.6 Å². The molecule has 0 atom stereocenters. The van der Waals surface area contributed by atoms with E-state index >= 15 is 0 Å². The van der Waals surface area contributed by atoms with E-state index in [2.05, 4.69) is 17.2 Å². The van der Waals surface area contributed by atoms with Gasteiger partial charge in [0, 0.05) is 44.0 Å². The van der Waals surface area contributed by atoms with Gasteiger partial charge in [0.1, 0.15) is 0 Å². The molecule has 0 bridgehead atoms. The van der Waals surface area contributed by atoms with Gasteiger partial charge in [0.05, 0.1) is 5.25 Å². The summed E-state index contributed by atoms with van der Waals surface area (Å²) in [7, 11) is -3.34. The van der Waals surface area contributed by atoms with Gasteiger partial charge in [-0.25, -0.2) is 12.7 Å². The molecule has 9 nitrogen and oxygen atoms in total. The monoisotopic (exact) mass is 448 g/mol. The van der Waals surface area contributed by atoms with E-state index < -0.39 is 27.1 Å². The van der Waals surface area contributed by atoms with Crippen LogP contribution in [0.3, 0.4) is 0 Å². The van der Waals surface area contributed by atoms with Crippen LogP contribution in [0, 0.1) is 0 Å². The maximum atomic E-state index is 12.7. The first-order valence-corrected chi connectivity index (χ1v) is 11.9. The predicted molar refractivity (Wildman–Crippen MR) is 117 cm³/mol. The molecule has 3 rings (SSSR count). The van der Waals surface area contributed by atoms with E-state index in [0.717, 1.165) is 12.8 Å². The largest absolute Gasteiger partial charge is 0.349 e. The maximum absolute atomic E-state index is 12.7. The number of carbonyl (C=O) groups excluding carboxylic acids is 3. The molecular formula is C21H28N4O5S. The molecule has 10 heteroatoms. The number of sulfonamides is 1. The van der Waals surface area contributed by atoms with E-state index in [1.807, 2.05) is 0 Å². The van der Waals surface area contributed by atoms with Crippen molar-refractivity contribution in [3.05, 3.63) is 42.5 Å². The van der Waals surface area contributed by atoms with Crippen LogP contribution < -0.4 is 10.6 Å². The summed E-state index contributed by atoms with van der Waals surface area (Å²) >= 11 is 0. The summed E-state index contributed by atoms with van der Waals surface area (Å²) in [6.45, 7) is 5.47.